The zero-order chi connectivity index (χ0) is 25.4. The Morgan fingerprint density at radius 3 is 2.20 bits per heavy atom. The Balaban J connectivity index is 1.89. The third-order valence-electron chi connectivity index (χ3n) is 5.16. The molecule has 3 aromatic rings. The number of ether oxygens (including phenoxy) is 2. The van der Waals surface area contributed by atoms with E-state index in [1.54, 1.807) is 74.5 Å². The average molecular weight is 497 g/mol. The molecule has 0 aliphatic rings. The Bertz CT molecular complexity index is 1270. The van der Waals surface area contributed by atoms with E-state index in [0.29, 0.717) is 34.9 Å². The van der Waals surface area contributed by atoms with Gasteiger partial charge in [-0.25, -0.2) is 13.2 Å². The maximum atomic E-state index is 13.5. The lowest BCUT2D eigenvalue weighted by atomic mass is 10.1. The minimum absolute atomic E-state index is 0.0260. The van der Waals surface area contributed by atoms with Crippen molar-refractivity contribution in [3.8, 4) is 5.75 Å². The van der Waals surface area contributed by atoms with Crippen molar-refractivity contribution in [2.24, 2.45) is 0 Å². The van der Waals surface area contributed by atoms with Gasteiger partial charge in [-0.2, -0.15) is 0 Å². The van der Waals surface area contributed by atoms with Gasteiger partial charge >= 0.3 is 5.97 Å². The highest BCUT2D eigenvalue weighted by Gasteiger charge is 2.27. The molecule has 0 aliphatic heterocycles. The molecular formula is C26H28N2O6S. The van der Waals surface area contributed by atoms with Gasteiger partial charge in [-0.15, -0.1) is 0 Å². The fraction of sp³-hybridized carbons (Fsp3) is 0.231. The molecule has 0 bridgehead atoms. The van der Waals surface area contributed by atoms with Crippen molar-refractivity contribution in [2.75, 3.05) is 29.4 Å². The summed E-state index contributed by atoms with van der Waals surface area (Å²) in [7, 11) is -4.07. The van der Waals surface area contributed by atoms with E-state index in [-0.39, 0.29) is 11.5 Å². The first-order valence-corrected chi connectivity index (χ1v) is 12.6. The van der Waals surface area contributed by atoms with E-state index in [9.17, 15) is 18.0 Å². The molecule has 1 amide bonds. The second kappa shape index (κ2) is 11.5. The second-order valence-corrected chi connectivity index (χ2v) is 9.36. The van der Waals surface area contributed by atoms with Crippen LogP contribution in [0.25, 0.3) is 0 Å². The number of hydrogen-bond donors (Lipinski definition) is 1. The SMILES string of the molecule is CCOC(=O)c1cccc(NC(=O)CN(c2ccccc2)S(=O)(=O)c2ccc(OCC)cc2)c1C. The Morgan fingerprint density at radius 2 is 1.57 bits per heavy atom. The van der Waals surface area contributed by atoms with Crippen LogP contribution in [0.2, 0.25) is 0 Å². The van der Waals surface area contributed by atoms with Crippen molar-refractivity contribution in [2.45, 2.75) is 25.7 Å². The zero-order valence-electron chi connectivity index (χ0n) is 19.9. The fourth-order valence-corrected chi connectivity index (χ4v) is 4.85. The Morgan fingerprint density at radius 1 is 0.886 bits per heavy atom. The fourth-order valence-electron chi connectivity index (χ4n) is 3.43. The van der Waals surface area contributed by atoms with Gasteiger partial charge in [0.1, 0.15) is 12.3 Å². The van der Waals surface area contributed by atoms with Crippen LogP contribution < -0.4 is 14.4 Å². The number of nitrogens with zero attached hydrogens (tertiary/aromatic N) is 1. The van der Waals surface area contributed by atoms with Gasteiger partial charge in [0.25, 0.3) is 10.0 Å². The lowest BCUT2D eigenvalue weighted by molar-refractivity contribution is -0.114. The van der Waals surface area contributed by atoms with Crippen molar-refractivity contribution in [1.29, 1.82) is 0 Å². The highest BCUT2D eigenvalue weighted by Crippen LogP contribution is 2.26. The first-order chi connectivity index (χ1) is 16.8. The number of hydrogen-bond acceptors (Lipinski definition) is 6. The number of nitrogens with one attached hydrogen (secondary N) is 1. The van der Waals surface area contributed by atoms with Crippen LogP contribution in [-0.4, -0.2) is 40.1 Å². The normalized spacial score (nSPS) is 10.9. The molecule has 1 N–H and O–H groups in total. The van der Waals surface area contributed by atoms with E-state index in [1.165, 1.54) is 12.1 Å². The number of benzene rings is 3. The smallest absolute Gasteiger partial charge is 0.338 e. The van der Waals surface area contributed by atoms with Crippen LogP contribution in [0, 0.1) is 6.92 Å². The Kier molecular flexibility index (Phi) is 8.48. The first-order valence-electron chi connectivity index (χ1n) is 11.1. The van der Waals surface area contributed by atoms with Crippen LogP contribution in [0.3, 0.4) is 0 Å². The van der Waals surface area contributed by atoms with Crippen molar-refractivity contribution in [3.05, 3.63) is 83.9 Å². The van der Waals surface area contributed by atoms with Crippen molar-refractivity contribution < 1.29 is 27.5 Å². The Hall–Kier alpha value is -3.85. The number of sulfonamides is 1. The number of para-hydroxylation sites is 1. The van der Waals surface area contributed by atoms with E-state index in [2.05, 4.69) is 5.32 Å². The second-order valence-electron chi connectivity index (χ2n) is 7.50. The molecule has 8 nitrogen and oxygen atoms in total. The minimum atomic E-state index is -4.07. The van der Waals surface area contributed by atoms with E-state index < -0.39 is 28.4 Å². The monoisotopic (exact) mass is 496 g/mol. The quantitative estimate of drug-likeness (QED) is 0.417. The summed E-state index contributed by atoms with van der Waals surface area (Å²) in [5.41, 5.74) is 1.59. The molecule has 0 atom stereocenters. The number of anilines is 2. The summed E-state index contributed by atoms with van der Waals surface area (Å²) in [6.07, 6.45) is 0. The van der Waals surface area contributed by atoms with Gasteiger partial charge in [0.15, 0.2) is 0 Å². The number of rotatable bonds is 10. The molecule has 0 saturated carbocycles. The highest BCUT2D eigenvalue weighted by atomic mass is 32.2. The molecule has 0 fully saturated rings. The largest absolute Gasteiger partial charge is 0.494 e. The summed E-state index contributed by atoms with van der Waals surface area (Å²) in [6, 6.07) is 19.3. The van der Waals surface area contributed by atoms with Crippen LogP contribution in [0.15, 0.2) is 77.7 Å². The lowest BCUT2D eigenvalue weighted by Gasteiger charge is -2.24. The first kappa shape index (κ1) is 25.8. The molecule has 0 aliphatic carbocycles. The van der Waals surface area contributed by atoms with Crippen LogP contribution in [0.5, 0.6) is 5.75 Å². The molecule has 0 heterocycles. The zero-order valence-corrected chi connectivity index (χ0v) is 20.7. The summed E-state index contributed by atoms with van der Waals surface area (Å²) < 4.78 is 38.5. The van der Waals surface area contributed by atoms with Gasteiger partial charge in [-0.1, -0.05) is 24.3 Å². The molecule has 9 heteroatoms. The maximum Gasteiger partial charge on any atom is 0.338 e. The predicted molar refractivity (Wildman–Crippen MR) is 134 cm³/mol. The number of amides is 1. The molecule has 184 valence electrons. The highest BCUT2D eigenvalue weighted by molar-refractivity contribution is 7.92. The van der Waals surface area contributed by atoms with Crippen LogP contribution >= 0.6 is 0 Å². The van der Waals surface area contributed by atoms with Gasteiger partial charge in [0, 0.05) is 5.69 Å². The molecule has 0 spiro atoms. The Labute approximate surface area is 205 Å². The molecule has 0 unspecified atom stereocenters. The molecule has 0 radical (unpaired) electrons. The molecule has 0 saturated heterocycles. The summed E-state index contributed by atoms with van der Waals surface area (Å²) >= 11 is 0. The van der Waals surface area contributed by atoms with Gasteiger partial charge in [0.05, 0.1) is 29.4 Å². The van der Waals surface area contributed by atoms with E-state index in [1.807, 2.05) is 6.92 Å². The third kappa shape index (κ3) is 6.19. The van der Waals surface area contributed by atoms with Crippen molar-refractivity contribution in [3.63, 3.8) is 0 Å². The van der Waals surface area contributed by atoms with E-state index >= 15 is 0 Å². The minimum Gasteiger partial charge on any atom is -0.494 e. The maximum absolute atomic E-state index is 13.5. The van der Waals surface area contributed by atoms with Crippen LogP contribution in [0.4, 0.5) is 11.4 Å². The number of esters is 1. The molecule has 35 heavy (non-hydrogen) atoms. The average Bonchev–Trinajstić information content (AvgIpc) is 2.85. The van der Waals surface area contributed by atoms with Gasteiger partial charge in [-0.3, -0.25) is 9.10 Å². The molecule has 0 aromatic heterocycles. The van der Waals surface area contributed by atoms with Gasteiger partial charge in [-0.05, 0) is 74.9 Å². The van der Waals surface area contributed by atoms with Crippen molar-refractivity contribution in [1.82, 2.24) is 0 Å². The van der Waals surface area contributed by atoms with Crippen LogP contribution in [0.1, 0.15) is 29.8 Å². The lowest BCUT2D eigenvalue weighted by Crippen LogP contribution is -2.38. The molecular weight excluding hydrogens is 468 g/mol. The third-order valence-corrected chi connectivity index (χ3v) is 6.95. The predicted octanol–water partition coefficient (Wildman–Crippen LogP) is 4.40. The number of carbonyl (C=O) groups excluding carboxylic acids is 2. The number of carbonyl (C=O) groups is 2. The summed E-state index contributed by atoms with van der Waals surface area (Å²) in [4.78, 5) is 25.2. The molecule has 3 rings (SSSR count). The van der Waals surface area contributed by atoms with Crippen molar-refractivity contribution >= 4 is 33.3 Å². The summed E-state index contributed by atoms with van der Waals surface area (Å²) in [5, 5.41) is 2.72. The van der Waals surface area contributed by atoms with E-state index in [0.717, 1.165) is 4.31 Å². The standard InChI is InChI=1S/C26H28N2O6S/c1-4-33-21-14-16-22(17-15-21)35(31,32)28(20-10-7-6-8-11-20)18-25(29)27-24-13-9-12-23(19(24)3)26(30)34-5-2/h6-17H,4-5,18H2,1-3H3,(H,27,29). The topological polar surface area (TPSA) is 102 Å². The van der Waals surface area contributed by atoms with Gasteiger partial charge < -0.3 is 14.8 Å². The van der Waals surface area contributed by atoms with Gasteiger partial charge in [0.2, 0.25) is 5.91 Å². The summed E-state index contributed by atoms with van der Waals surface area (Å²) in [5.74, 6) is -0.509. The van der Waals surface area contributed by atoms with E-state index in [4.69, 9.17) is 9.47 Å². The van der Waals surface area contributed by atoms with Crippen LogP contribution in [-0.2, 0) is 19.6 Å². The summed E-state index contributed by atoms with van der Waals surface area (Å²) in [6.45, 7) is 5.45. The molecule has 3 aromatic carbocycles.